The molecule has 0 unspecified atom stereocenters. The van der Waals surface area contributed by atoms with Crippen LogP contribution >= 0.6 is 23.7 Å². The summed E-state index contributed by atoms with van der Waals surface area (Å²) in [5.41, 5.74) is -0.139. The molecular weight excluding hydrogens is 396 g/mol. The Morgan fingerprint density at radius 2 is 2.15 bits per heavy atom. The van der Waals surface area contributed by atoms with E-state index in [1.165, 1.54) is 17.0 Å². The number of thiazole rings is 1. The van der Waals surface area contributed by atoms with Crippen LogP contribution in [0.15, 0.2) is 35.8 Å². The van der Waals surface area contributed by atoms with E-state index < -0.39 is 12.5 Å². The third-order valence-electron chi connectivity index (χ3n) is 3.67. The molecule has 150 valence electrons. The van der Waals surface area contributed by atoms with E-state index in [4.69, 9.17) is 4.74 Å². The van der Waals surface area contributed by atoms with Crippen LogP contribution in [-0.2, 0) is 17.1 Å². The van der Waals surface area contributed by atoms with Crippen molar-refractivity contribution < 1.29 is 18.3 Å². The number of benzene rings is 1. The smallest absolute Gasteiger partial charge is 0.285 e. The number of hydrogen-bond donors (Lipinski definition) is 1. The van der Waals surface area contributed by atoms with Crippen LogP contribution < -0.4 is 10.1 Å². The summed E-state index contributed by atoms with van der Waals surface area (Å²) in [6, 6.07) is 5.91. The van der Waals surface area contributed by atoms with Crippen LogP contribution in [0.4, 0.5) is 8.78 Å². The van der Waals surface area contributed by atoms with Crippen LogP contribution in [0.25, 0.3) is 0 Å². The topological polar surface area (TPSA) is 54.5 Å². The van der Waals surface area contributed by atoms with Crippen LogP contribution in [-0.4, -0.2) is 49.6 Å². The fourth-order valence-corrected chi connectivity index (χ4v) is 2.85. The predicted molar refractivity (Wildman–Crippen MR) is 105 cm³/mol. The fraction of sp³-hybridized carbons (Fsp3) is 0.444. The minimum atomic E-state index is -3.09. The quantitative estimate of drug-likeness (QED) is 0.600. The molecular formula is C18H24ClF2N3O2S. The lowest BCUT2D eigenvalue weighted by molar-refractivity contribution is -0.128. The number of likely N-dealkylation sites (N-methyl/N-ethyl adjacent to an activating group) is 1. The highest BCUT2D eigenvalue weighted by Crippen LogP contribution is 2.29. The highest BCUT2D eigenvalue weighted by molar-refractivity contribution is 7.09. The second kappa shape index (κ2) is 11.2. The summed E-state index contributed by atoms with van der Waals surface area (Å²) in [7, 11) is 3.16. The molecule has 0 bridgehead atoms. The van der Waals surface area contributed by atoms with Crippen LogP contribution in [0, 0.1) is 0 Å². The molecule has 0 aliphatic rings. The van der Waals surface area contributed by atoms with E-state index in [1.54, 1.807) is 43.8 Å². The molecule has 0 radical (unpaired) electrons. The van der Waals surface area contributed by atoms with E-state index in [0.717, 1.165) is 17.8 Å². The van der Waals surface area contributed by atoms with Crippen molar-refractivity contribution >= 4 is 29.7 Å². The summed E-state index contributed by atoms with van der Waals surface area (Å²) >= 11 is 1.59. The Morgan fingerprint density at radius 3 is 2.81 bits per heavy atom. The lowest BCUT2D eigenvalue weighted by atomic mass is 10.1. The van der Waals surface area contributed by atoms with Gasteiger partial charge in [0.25, 0.3) is 5.92 Å². The van der Waals surface area contributed by atoms with Crippen molar-refractivity contribution in [1.29, 1.82) is 0 Å². The van der Waals surface area contributed by atoms with Crippen molar-refractivity contribution in [3.05, 3.63) is 46.4 Å². The molecule has 0 saturated carbocycles. The molecule has 27 heavy (non-hydrogen) atoms. The summed E-state index contributed by atoms with van der Waals surface area (Å²) in [4.78, 5) is 17.0. The van der Waals surface area contributed by atoms with Gasteiger partial charge < -0.3 is 15.0 Å². The first-order chi connectivity index (χ1) is 12.4. The Balaban J connectivity index is 0.00000364. The van der Waals surface area contributed by atoms with Gasteiger partial charge in [0.1, 0.15) is 5.75 Å². The second-order valence-corrected chi connectivity index (χ2v) is 6.98. The monoisotopic (exact) mass is 419 g/mol. The minimum Gasteiger partial charge on any atom is -0.494 e. The van der Waals surface area contributed by atoms with Gasteiger partial charge in [0, 0.05) is 37.7 Å². The molecule has 1 heterocycles. The number of rotatable bonds is 10. The van der Waals surface area contributed by atoms with Gasteiger partial charge in [0.2, 0.25) is 5.91 Å². The molecule has 1 amide bonds. The standard InChI is InChI=1S/C18H23F2N3O2S.ClH/c1-23(2)17(24)12-21-13-18(19,20)14-5-3-6-15(11-14)25-9-4-7-16-22-8-10-26-16;/h3,5-6,8,10-11,21H,4,7,9,12-13H2,1-2H3;1H. The molecule has 2 rings (SSSR count). The van der Waals surface area contributed by atoms with Gasteiger partial charge in [-0.3, -0.25) is 4.79 Å². The van der Waals surface area contributed by atoms with Gasteiger partial charge in [-0.1, -0.05) is 12.1 Å². The maximum absolute atomic E-state index is 14.3. The zero-order valence-electron chi connectivity index (χ0n) is 15.3. The summed E-state index contributed by atoms with van der Waals surface area (Å²) in [6.07, 6.45) is 3.33. The second-order valence-electron chi connectivity index (χ2n) is 6.00. The number of amides is 1. The van der Waals surface area contributed by atoms with Crippen molar-refractivity contribution in [2.75, 3.05) is 33.8 Å². The maximum Gasteiger partial charge on any atom is 0.285 e. The van der Waals surface area contributed by atoms with E-state index in [1.807, 2.05) is 5.38 Å². The molecule has 0 saturated heterocycles. The van der Waals surface area contributed by atoms with Gasteiger partial charge in [-0.25, -0.2) is 4.98 Å². The molecule has 1 aromatic heterocycles. The Bertz CT molecular complexity index is 700. The first-order valence-corrected chi connectivity index (χ1v) is 9.17. The average molecular weight is 420 g/mol. The van der Waals surface area contributed by atoms with Crippen molar-refractivity contribution in [3.8, 4) is 5.75 Å². The van der Waals surface area contributed by atoms with Crippen molar-refractivity contribution in [3.63, 3.8) is 0 Å². The zero-order chi connectivity index (χ0) is 19.0. The van der Waals surface area contributed by atoms with E-state index in [0.29, 0.717) is 12.4 Å². The van der Waals surface area contributed by atoms with Gasteiger partial charge in [-0.05, 0) is 18.6 Å². The van der Waals surface area contributed by atoms with Gasteiger partial charge >= 0.3 is 0 Å². The number of carbonyl (C=O) groups is 1. The van der Waals surface area contributed by atoms with Gasteiger partial charge in [0.05, 0.1) is 24.7 Å². The molecule has 0 fully saturated rings. The molecule has 1 aromatic carbocycles. The van der Waals surface area contributed by atoms with Gasteiger partial charge in [-0.2, -0.15) is 8.78 Å². The maximum atomic E-state index is 14.3. The van der Waals surface area contributed by atoms with Crippen LogP contribution in [0.1, 0.15) is 17.0 Å². The summed E-state index contributed by atoms with van der Waals surface area (Å²) < 4.78 is 34.2. The highest BCUT2D eigenvalue weighted by Gasteiger charge is 2.31. The Labute approximate surface area is 168 Å². The van der Waals surface area contributed by atoms with Crippen molar-refractivity contribution in [2.45, 2.75) is 18.8 Å². The average Bonchev–Trinajstić information content (AvgIpc) is 3.12. The lowest BCUT2D eigenvalue weighted by Crippen LogP contribution is -2.38. The molecule has 1 N–H and O–H groups in total. The van der Waals surface area contributed by atoms with E-state index in [9.17, 15) is 13.6 Å². The lowest BCUT2D eigenvalue weighted by Gasteiger charge is -2.19. The van der Waals surface area contributed by atoms with E-state index in [2.05, 4.69) is 10.3 Å². The van der Waals surface area contributed by atoms with Gasteiger partial charge in [-0.15, -0.1) is 23.7 Å². The third kappa shape index (κ3) is 7.78. The largest absolute Gasteiger partial charge is 0.494 e. The summed E-state index contributed by atoms with van der Waals surface area (Å²) in [6.45, 7) is -0.306. The summed E-state index contributed by atoms with van der Waals surface area (Å²) in [5, 5.41) is 5.46. The highest BCUT2D eigenvalue weighted by atomic mass is 35.5. The number of carbonyl (C=O) groups excluding carboxylic acids is 1. The first-order valence-electron chi connectivity index (χ1n) is 8.29. The molecule has 0 aliphatic heterocycles. The van der Waals surface area contributed by atoms with E-state index >= 15 is 0 Å². The number of hydrogen-bond acceptors (Lipinski definition) is 5. The number of aryl methyl sites for hydroxylation is 1. The number of nitrogens with zero attached hydrogens (tertiary/aromatic N) is 2. The predicted octanol–water partition coefficient (Wildman–Crippen LogP) is 3.35. The molecule has 0 atom stereocenters. The first kappa shape index (κ1) is 23.3. The molecule has 2 aromatic rings. The zero-order valence-corrected chi connectivity index (χ0v) is 16.9. The number of ether oxygens (including phenoxy) is 1. The van der Waals surface area contributed by atoms with Crippen molar-refractivity contribution in [2.24, 2.45) is 0 Å². The Hall–Kier alpha value is -1.77. The molecule has 0 aliphatic carbocycles. The summed E-state index contributed by atoms with van der Waals surface area (Å²) in [5.74, 6) is -2.93. The molecule has 0 spiro atoms. The SMILES string of the molecule is CN(C)C(=O)CNCC(F)(F)c1cccc(OCCCc2nccs2)c1.Cl. The van der Waals surface area contributed by atoms with Crippen LogP contribution in [0.5, 0.6) is 5.75 Å². The minimum absolute atomic E-state index is 0. The Kier molecular flexibility index (Phi) is 9.62. The third-order valence-corrected chi connectivity index (χ3v) is 4.51. The number of halogens is 3. The van der Waals surface area contributed by atoms with Crippen LogP contribution in [0.2, 0.25) is 0 Å². The number of aromatic nitrogens is 1. The fourth-order valence-electron chi connectivity index (χ4n) is 2.19. The number of alkyl halides is 2. The van der Waals surface area contributed by atoms with Crippen molar-refractivity contribution in [1.82, 2.24) is 15.2 Å². The molecule has 9 heteroatoms. The normalized spacial score (nSPS) is 11.0. The Morgan fingerprint density at radius 1 is 1.37 bits per heavy atom. The van der Waals surface area contributed by atoms with Crippen LogP contribution in [0.3, 0.4) is 0 Å². The number of nitrogens with one attached hydrogen (secondary N) is 1. The molecule has 5 nitrogen and oxygen atoms in total. The van der Waals surface area contributed by atoms with Gasteiger partial charge in [0.15, 0.2) is 0 Å². The van der Waals surface area contributed by atoms with E-state index in [-0.39, 0.29) is 30.4 Å².